The van der Waals surface area contributed by atoms with Gasteiger partial charge in [-0.1, -0.05) is 0 Å². The second-order valence-corrected chi connectivity index (χ2v) is 3.68. The quantitative estimate of drug-likeness (QED) is 0.489. The van der Waals surface area contributed by atoms with Crippen LogP contribution in [0.2, 0.25) is 0 Å². The van der Waals surface area contributed by atoms with E-state index in [1.165, 1.54) is 19.1 Å². The van der Waals surface area contributed by atoms with Crippen LogP contribution in [-0.2, 0) is 23.9 Å². The Morgan fingerprint density at radius 3 is 2.56 bits per heavy atom. The Bertz CT molecular complexity index is 304. The van der Waals surface area contributed by atoms with Crippen molar-refractivity contribution in [3.8, 4) is 0 Å². The van der Waals surface area contributed by atoms with Crippen molar-refractivity contribution in [1.82, 2.24) is 4.90 Å². The summed E-state index contributed by atoms with van der Waals surface area (Å²) in [6, 6.07) is 0. The predicted octanol–water partition coefficient (Wildman–Crippen LogP) is -0.287. The first kappa shape index (κ1) is 12.5. The number of hydrogen-bond donors (Lipinski definition) is 0. The van der Waals surface area contributed by atoms with Gasteiger partial charge < -0.3 is 14.4 Å². The minimum Gasteiger partial charge on any atom is -0.469 e. The Labute approximate surface area is 93.5 Å². The lowest BCUT2D eigenvalue weighted by Gasteiger charge is -2.32. The van der Waals surface area contributed by atoms with Crippen molar-refractivity contribution in [2.45, 2.75) is 24.8 Å². The van der Waals surface area contributed by atoms with Gasteiger partial charge in [0.05, 0.1) is 20.6 Å². The molecular weight excluding hydrogens is 214 g/mol. The summed E-state index contributed by atoms with van der Waals surface area (Å²) in [5, 5.41) is 0. The summed E-state index contributed by atoms with van der Waals surface area (Å²) in [4.78, 5) is 35.2. The molecule has 0 aliphatic carbocycles. The lowest BCUT2D eigenvalue weighted by molar-refractivity contribution is -0.161. The molecule has 0 N–H and O–H groups in total. The van der Waals surface area contributed by atoms with E-state index in [1.807, 2.05) is 0 Å². The normalized spacial score (nSPS) is 24.0. The molecule has 0 unspecified atom stereocenters. The molecule has 6 nitrogen and oxygen atoms in total. The van der Waals surface area contributed by atoms with Gasteiger partial charge in [-0.15, -0.1) is 0 Å². The van der Waals surface area contributed by atoms with E-state index in [0.29, 0.717) is 25.8 Å². The van der Waals surface area contributed by atoms with Crippen molar-refractivity contribution < 1.29 is 23.9 Å². The zero-order valence-corrected chi connectivity index (χ0v) is 9.39. The van der Waals surface area contributed by atoms with Crippen LogP contribution in [0.3, 0.4) is 0 Å². The topological polar surface area (TPSA) is 72.9 Å². The van der Waals surface area contributed by atoms with Gasteiger partial charge >= 0.3 is 11.9 Å². The molecule has 6 heteroatoms. The monoisotopic (exact) mass is 229 g/mol. The average molecular weight is 229 g/mol. The Morgan fingerprint density at radius 2 is 2.06 bits per heavy atom. The highest BCUT2D eigenvalue weighted by atomic mass is 16.5. The Balaban J connectivity index is 2.96. The van der Waals surface area contributed by atoms with Crippen molar-refractivity contribution in [2.24, 2.45) is 0 Å². The molecule has 1 amide bonds. The van der Waals surface area contributed by atoms with Crippen LogP contribution in [0, 0.1) is 0 Å². The van der Waals surface area contributed by atoms with E-state index in [4.69, 9.17) is 0 Å². The third kappa shape index (κ3) is 2.00. The summed E-state index contributed by atoms with van der Waals surface area (Å²) in [5.74, 6) is -1.10. The maximum Gasteiger partial charge on any atom is 0.332 e. The molecule has 16 heavy (non-hydrogen) atoms. The summed E-state index contributed by atoms with van der Waals surface area (Å²) < 4.78 is 9.20. The number of rotatable bonds is 4. The van der Waals surface area contributed by atoms with Gasteiger partial charge in [-0.3, -0.25) is 9.59 Å². The van der Waals surface area contributed by atoms with E-state index < -0.39 is 17.5 Å². The molecule has 0 aromatic heterocycles. The molecule has 0 spiro atoms. The molecular formula is C10H15NO5. The van der Waals surface area contributed by atoms with Gasteiger partial charge in [0.15, 0.2) is 5.54 Å². The number of esters is 2. The second-order valence-electron chi connectivity index (χ2n) is 3.68. The van der Waals surface area contributed by atoms with E-state index in [-0.39, 0.29) is 6.42 Å². The smallest absolute Gasteiger partial charge is 0.332 e. The maximum absolute atomic E-state index is 11.7. The lowest BCUT2D eigenvalue weighted by atomic mass is 9.92. The van der Waals surface area contributed by atoms with E-state index in [2.05, 4.69) is 9.47 Å². The molecule has 0 bridgehead atoms. The van der Waals surface area contributed by atoms with Gasteiger partial charge in [0.1, 0.15) is 0 Å². The predicted molar refractivity (Wildman–Crippen MR) is 53.4 cm³/mol. The molecule has 1 heterocycles. The number of carbonyl (C=O) groups excluding carboxylic acids is 3. The number of carbonyl (C=O) groups is 3. The van der Waals surface area contributed by atoms with Crippen LogP contribution in [-0.4, -0.2) is 49.6 Å². The fourth-order valence-corrected chi connectivity index (χ4v) is 2.04. The standard InChI is InChI=1S/C10H15NO5/c1-15-8(13)6-10(9(14)16-2)4-3-5-11(10)7-12/h7H,3-6H2,1-2H3/t10-/m1/s1. The van der Waals surface area contributed by atoms with Gasteiger partial charge in [-0.2, -0.15) is 0 Å². The number of likely N-dealkylation sites (tertiary alicyclic amines) is 1. The van der Waals surface area contributed by atoms with Gasteiger partial charge in [0.25, 0.3) is 0 Å². The van der Waals surface area contributed by atoms with Crippen molar-refractivity contribution in [1.29, 1.82) is 0 Å². The minimum atomic E-state index is -1.18. The third-order valence-corrected chi connectivity index (χ3v) is 2.90. The van der Waals surface area contributed by atoms with E-state index in [0.717, 1.165) is 0 Å². The molecule has 0 aromatic carbocycles. The average Bonchev–Trinajstić information content (AvgIpc) is 2.71. The number of ether oxygens (including phenoxy) is 2. The Hall–Kier alpha value is -1.59. The van der Waals surface area contributed by atoms with E-state index in [9.17, 15) is 14.4 Å². The van der Waals surface area contributed by atoms with Gasteiger partial charge in [-0.25, -0.2) is 4.79 Å². The van der Waals surface area contributed by atoms with Crippen LogP contribution < -0.4 is 0 Å². The highest BCUT2D eigenvalue weighted by molar-refractivity contribution is 5.89. The molecule has 1 aliphatic heterocycles. The molecule has 1 fully saturated rings. The fraction of sp³-hybridized carbons (Fsp3) is 0.700. The summed E-state index contributed by atoms with van der Waals surface area (Å²) in [7, 11) is 2.48. The maximum atomic E-state index is 11.7. The molecule has 1 atom stereocenters. The number of nitrogens with zero attached hydrogens (tertiary/aromatic N) is 1. The SMILES string of the molecule is COC(=O)C[C@@]1(C(=O)OC)CCCN1C=O. The van der Waals surface area contributed by atoms with Crippen LogP contribution in [0.25, 0.3) is 0 Å². The highest BCUT2D eigenvalue weighted by Gasteiger charge is 2.49. The summed E-state index contributed by atoms with van der Waals surface area (Å²) in [5.41, 5.74) is -1.18. The first-order valence-electron chi connectivity index (χ1n) is 4.98. The van der Waals surface area contributed by atoms with Crippen LogP contribution in [0.4, 0.5) is 0 Å². The molecule has 90 valence electrons. The molecule has 0 radical (unpaired) electrons. The molecule has 0 saturated carbocycles. The number of methoxy groups -OCH3 is 2. The van der Waals surface area contributed by atoms with Crippen LogP contribution >= 0.6 is 0 Å². The number of hydrogen-bond acceptors (Lipinski definition) is 5. The second kappa shape index (κ2) is 4.96. The van der Waals surface area contributed by atoms with E-state index in [1.54, 1.807) is 0 Å². The Morgan fingerprint density at radius 1 is 1.38 bits per heavy atom. The molecule has 1 saturated heterocycles. The molecule has 1 aliphatic rings. The van der Waals surface area contributed by atoms with Crippen molar-refractivity contribution >= 4 is 18.3 Å². The first-order chi connectivity index (χ1) is 7.60. The fourth-order valence-electron chi connectivity index (χ4n) is 2.04. The van der Waals surface area contributed by atoms with Crippen molar-refractivity contribution in [3.05, 3.63) is 0 Å². The Kier molecular flexibility index (Phi) is 3.87. The molecule has 1 rings (SSSR count). The zero-order chi connectivity index (χ0) is 12.2. The van der Waals surface area contributed by atoms with Gasteiger partial charge in [0, 0.05) is 6.54 Å². The zero-order valence-electron chi connectivity index (χ0n) is 9.39. The largest absolute Gasteiger partial charge is 0.469 e. The lowest BCUT2D eigenvalue weighted by Crippen LogP contribution is -2.52. The van der Waals surface area contributed by atoms with Crippen molar-refractivity contribution in [3.63, 3.8) is 0 Å². The summed E-state index contributed by atoms with van der Waals surface area (Å²) >= 11 is 0. The van der Waals surface area contributed by atoms with Gasteiger partial charge in [-0.05, 0) is 12.8 Å². The van der Waals surface area contributed by atoms with Crippen LogP contribution in [0.1, 0.15) is 19.3 Å². The number of amides is 1. The van der Waals surface area contributed by atoms with Crippen molar-refractivity contribution in [2.75, 3.05) is 20.8 Å². The third-order valence-electron chi connectivity index (χ3n) is 2.90. The van der Waals surface area contributed by atoms with Gasteiger partial charge in [0.2, 0.25) is 6.41 Å². The first-order valence-corrected chi connectivity index (χ1v) is 4.98. The molecule has 0 aromatic rings. The van der Waals surface area contributed by atoms with Crippen LogP contribution in [0.5, 0.6) is 0 Å². The highest BCUT2D eigenvalue weighted by Crippen LogP contribution is 2.32. The minimum absolute atomic E-state index is 0.158. The van der Waals surface area contributed by atoms with Crippen LogP contribution in [0.15, 0.2) is 0 Å². The summed E-state index contributed by atoms with van der Waals surface area (Å²) in [6.07, 6.45) is 1.51. The van der Waals surface area contributed by atoms with E-state index >= 15 is 0 Å². The summed E-state index contributed by atoms with van der Waals surface area (Å²) in [6.45, 7) is 0.454.